The van der Waals surface area contributed by atoms with E-state index < -0.39 is 41.6 Å². The smallest absolute Gasteiger partial charge is 0.726 e. The first-order chi connectivity index (χ1) is 8.00. The number of rotatable bonds is 0. The van der Waals surface area contributed by atoms with Crippen LogP contribution < -0.4 is 0 Å². The van der Waals surface area contributed by atoms with Crippen molar-refractivity contribution in [2.24, 2.45) is 0 Å². The van der Waals surface area contributed by atoms with Gasteiger partial charge >= 0.3 is 57.2 Å². The van der Waals surface area contributed by atoms with Crippen LogP contribution in [0.4, 0.5) is 0 Å². The van der Waals surface area contributed by atoms with E-state index in [0.29, 0.717) is 0 Å². The summed E-state index contributed by atoms with van der Waals surface area (Å²) >= 11 is 0. The predicted octanol–water partition coefficient (Wildman–Crippen LogP) is -4.36. The zero-order chi connectivity index (χ0) is 18.0. The average molecular weight is 494 g/mol. The Morgan fingerprint density at radius 2 is 0.455 bits per heavy atom. The van der Waals surface area contributed by atoms with Crippen LogP contribution in [-0.4, -0.2) is 108 Å². The van der Waals surface area contributed by atoms with Gasteiger partial charge in [0.05, 0.1) is 0 Å². The normalized spacial score (nSPS) is 10.5. The van der Waals surface area contributed by atoms with E-state index in [0.717, 1.165) is 0 Å². The van der Waals surface area contributed by atoms with Gasteiger partial charge in [-0.15, -0.1) is 0 Å². The van der Waals surface area contributed by atoms with Crippen molar-refractivity contribution in [3.63, 3.8) is 0 Å². The van der Waals surface area contributed by atoms with Crippen molar-refractivity contribution in [3.05, 3.63) is 0 Å². The summed E-state index contributed by atoms with van der Waals surface area (Å²) in [7, 11) is -19.7. The van der Waals surface area contributed by atoms with E-state index in [1.54, 1.807) is 0 Å². The van der Waals surface area contributed by atoms with Gasteiger partial charge in [-0.25, -0.2) is 33.7 Å². The first-order valence-electron chi connectivity index (χ1n) is 2.73. The first kappa shape index (κ1) is 38.8. The van der Waals surface area contributed by atoms with Gasteiger partial charge in [-0.2, -0.15) is 0 Å². The van der Waals surface area contributed by atoms with E-state index in [1.165, 1.54) is 0 Å². The fourth-order valence-electron chi connectivity index (χ4n) is 0. The summed E-state index contributed by atoms with van der Waals surface area (Å²) in [5.74, 6) is 0. The van der Waals surface area contributed by atoms with Crippen LogP contribution in [0.5, 0.6) is 0 Å². The maximum Gasteiger partial charge on any atom is 2.00 e. The van der Waals surface area contributed by atoms with Crippen molar-refractivity contribution in [1.82, 2.24) is 0 Å². The molecule has 0 amide bonds. The second kappa shape index (κ2) is 15.9. The molecule has 0 unspecified atom stereocenters. The second-order valence-electron chi connectivity index (χ2n) is 1.71. The van der Waals surface area contributed by atoms with Gasteiger partial charge in [0.2, 0.25) is 41.6 Å². The Balaban J connectivity index is -0.0000000376. The van der Waals surface area contributed by atoms with Gasteiger partial charge in [0, 0.05) is 0 Å². The van der Waals surface area contributed by atoms with Crippen LogP contribution in [0.15, 0.2) is 0 Å². The van der Waals surface area contributed by atoms with Crippen LogP contribution in [0.1, 0.15) is 0 Å². The summed E-state index contributed by atoms with van der Waals surface area (Å²) in [5.41, 5.74) is 0. The van der Waals surface area contributed by atoms with E-state index in [-0.39, 0.29) is 57.2 Å². The van der Waals surface area contributed by atoms with Crippen LogP contribution in [-0.2, 0) is 61.1 Å². The van der Waals surface area contributed by atoms with Gasteiger partial charge in [0.25, 0.3) is 0 Å². The molecule has 22 heteroatoms. The van der Waals surface area contributed by atoms with E-state index in [2.05, 4.69) is 0 Å². The predicted molar refractivity (Wildman–Crippen MR) is 55.1 cm³/mol. The fourth-order valence-corrected chi connectivity index (χ4v) is 0. The van der Waals surface area contributed by atoms with Gasteiger partial charge in [-0.3, -0.25) is 18.2 Å². The van der Waals surface area contributed by atoms with Gasteiger partial charge in [0.15, 0.2) is 0 Å². The minimum absolute atomic E-state index is 0. The van der Waals surface area contributed by atoms with Crippen molar-refractivity contribution in [2.75, 3.05) is 0 Å². The zero-order valence-electron chi connectivity index (χ0n) is 9.74. The van der Waals surface area contributed by atoms with Crippen molar-refractivity contribution >= 4 is 79.3 Å². The molecule has 22 heavy (non-hydrogen) atoms. The molecule has 0 aromatic carbocycles. The maximum atomic E-state index is 8.63. The molecule has 16 nitrogen and oxygen atoms in total. The summed E-state index contributed by atoms with van der Waals surface area (Å²) < 4.78 is 131. The summed E-state index contributed by atoms with van der Waals surface area (Å²) in [4.78, 5) is 0. The first-order valence-corrected chi connectivity index (χ1v) is 8.19. The van der Waals surface area contributed by atoms with E-state index >= 15 is 0 Å². The standard InChI is InChI=1S/Ca.4H2O4S.Zn/c;4*1-5(2,3)4;/h;4*(H2,1,2,3,4);/q+2;;;;;+2/p-4. The molecule has 0 radical (unpaired) electrons. The average Bonchev–Trinajstić information content (AvgIpc) is 1.62. The molecule has 0 aliphatic carbocycles. The van der Waals surface area contributed by atoms with Crippen LogP contribution in [0.2, 0.25) is 0 Å². The van der Waals surface area contributed by atoms with Gasteiger partial charge in [-0.05, 0) is 0 Å². The second-order valence-corrected chi connectivity index (χ2v) is 5.13. The van der Waals surface area contributed by atoms with E-state index in [9.17, 15) is 0 Å². The Morgan fingerprint density at radius 3 is 0.455 bits per heavy atom. The Kier molecular flexibility index (Phi) is 27.9. The van der Waals surface area contributed by atoms with Crippen LogP contribution in [0, 0.1) is 0 Å². The molecule has 0 aliphatic heterocycles. The molecule has 128 valence electrons. The SMILES string of the molecule is O=S(=O)([O-])O.O=S(=O)([O-])O.O=S(=O)([O-])O.O=S(=O)([O-])O.[Ca+2].[Zn+2]. The maximum absolute atomic E-state index is 8.63. The van der Waals surface area contributed by atoms with Crippen molar-refractivity contribution in [3.8, 4) is 0 Å². The molecular weight excluding hydrogens is 490 g/mol. The van der Waals surface area contributed by atoms with Crippen LogP contribution in [0.25, 0.3) is 0 Å². The molecule has 0 fully saturated rings. The van der Waals surface area contributed by atoms with E-state index in [4.69, 9.17) is 70.1 Å². The summed E-state index contributed by atoms with van der Waals surface area (Å²) in [5, 5.41) is 0. The van der Waals surface area contributed by atoms with Gasteiger partial charge in [0.1, 0.15) is 0 Å². The third-order valence-corrected chi connectivity index (χ3v) is 0. The molecule has 0 aromatic rings. The third-order valence-electron chi connectivity index (χ3n) is 0. The minimum atomic E-state index is -4.92. The third kappa shape index (κ3) is 4770. The molecule has 0 spiro atoms. The zero-order valence-corrected chi connectivity index (χ0v) is 18.2. The Morgan fingerprint density at radius 1 is 0.455 bits per heavy atom. The molecule has 0 bridgehead atoms. The van der Waals surface area contributed by atoms with Crippen LogP contribution >= 0.6 is 0 Å². The van der Waals surface area contributed by atoms with Crippen molar-refractivity contribution in [2.45, 2.75) is 0 Å². The fraction of sp³-hybridized carbons (Fsp3) is 0. The summed E-state index contributed by atoms with van der Waals surface area (Å²) in [6.07, 6.45) is 0. The Hall–Kier alpha value is 1.36. The molecule has 0 saturated heterocycles. The molecule has 0 aromatic heterocycles. The topological polar surface area (TPSA) is 310 Å². The molecular formula is H4CaO16S4Zn. The number of hydrogen-bond acceptors (Lipinski definition) is 12. The monoisotopic (exact) mass is 492 g/mol. The van der Waals surface area contributed by atoms with Crippen molar-refractivity contribution < 1.29 is 89.6 Å². The van der Waals surface area contributed by atoms with Gasteiger partial charge < -0.3 is 18.2 Å². The Labute approximate surface area is 167 Å². The molecule has 0 rings (SSSR count). The van der Waals surface area contributed by atoms with E-state index in [1.807, 2.05) is 0 Å². The van der Waals surface area contributed by atoms with Crippen LogP contribution in [0.3, 0.4) is 0 Å². The molecule has 4 N–H and O–H groups in total. The minimum Gasteiger partial charge on any atom is -0.726 e. The molecule has 0 saturated carbocycles. The molecule has 0 atom stereocenters. The number of hydrogen-bond donors (Lipinski definition) is 4. The molecule has 0 aliphatic rings. The summed E-state index contributed by atoms with van der Waals surface area (Å²) in [6.45, 7) is 0. The van der Waals surface area contributed by atoms with Crippen molar-refractivity contribution in [1.29, 1.82) is 0 Å². The quantitative estimate of drug-likeness (QED) is 0.140. The largest absolute Gasteiger partial charge is 2.00 e. The Bertz CT molecular complexity index is 479. The van der Waals surface area contributed by atoms with Gasteiger partial charge in [-0.1, -0.05) is 0 Å². The summed E-state index contributed by atoms with van der Waals surface area (Å²) in [6, 6.07) is 0. The molecule has 0 heterocycles.